The van der Waals surface area contributed by atoms with Gasteiger partial charge < -0.3 is 10.1 Å². The van der Waals surface area contributed by atoms with Crippen LogP contribution in [0, 0.1) is 5.82 Å². The largest absolute Gasteiger partial charge is 0.482 e. The second-order valence-corrected chi connectivity index (χ2v) is 6.36. The number of carbonyl (C=O) groups is 1. The molecule has 1 amide bonds. The van der Waals surface area contributed by atoms with Crippen molar-refractivity contribution in [2.45, 2.75) is 0 Å². The van der Waals surface area contributed by atoms with E-state index in [1.807, 2.05) is 18.2 Å². The number of fused-ring (bicyclic) bond motifs is 1. The molecule has 0 aliphatic carbocycles. The number of amidine groups is 1. The van der Waals surface area contributed by atoms with E-state index in [1.54, 1.807) is 12.1 Å². The van der Waals surface area contributed by atoms with Crippen LogP contribution in [0.25, 0.3) is 0 Å². The molecule has 0 fully saturated rings. The maximum absolute atomic E-state index is 12.9. The fraction of sp³-hybridized carbons (Fsp3) is 0.118. The summed E-state index contributed by atoms with van der Waals surface area (Å²) in [6.07, 6.45) is 0. The molecule has 126 valence electrons. The molecule has 2 aromatic rings. The normalized spacial score (nSPS) is 17.9. The Hall–Kier alpha value is -2.87. The molecule has 0 radical (unpaired) electrons. The number of nitrogens with zero attached hydrogens (tertiary/aromatic N) is 2. The Kier molecular flexibility index (Phi) is 4.10. The van der Waals surface area contributed by atoms with Gasteiger partial charge >= 0.3 is 0 Å². The van der Waals surface area contributed by atoms with Gasteiger partial charge in [0, 0.05) is 11.3 Å². The van der Waals surface area contributed by atoms with Gasteiger partial charge in [-0.25, -0.2) is 9.38 Å². The van der Waals surface area contributed by atoms with Crippen LogP contribution in [-0.2, 0) is 4.79 Å². The number of hydrogen-bond acceptors (Lipinski definition) is 5. The summed E-state index contributed by atoms with van der Waals surface area (Å²) >= 11 is 1.50. The first kappa shape index (κ1) is 15.6. The summed E-state index contributed by atoms with van der Waals surface area (Å²) in [5, 5.41) is 7.78. The molecule has 0 unspecified atom stereocenters. The number of ether oxygens (including phenoxy) is 1. The minimum absolute atomic E-state index is 0.0356. The Morgan fingerprint density at radius 2 is 2.04 bits per heavy atom. The molecule has 0 spiro atoms. The van der Waals surface area contributed by atoms with Gasteiger partial charge in [-0.2, -0.15) is 5.10 Å². The predicted molar refractivity (Wildman–Crippen MR) is 96.2 cm³/mol. The second kappa shape index (κ2) is 6.56. The van der Waals surface area contributed by atoms with Gasteiger partial charge in [-0.3, -0.25) is 10.2 Å². The number of benzene rings is 2. The Bertz CT molecular complexity index is 896. The number of hydrazone groups is 1. The molecule has 2 N–H and O–H groups in total. The zero-order chi connectivity index (χ0) is 17.2. The fourth-order valence-electron chi connectivity index (χ4n) is 2.42. The number of amides is 1. The van der Waals surface area contributed by atoms with Crippen molar-refractivity contribution in [1.82, 2.24) is 5.43 Å². The Labute approximate surface area is 147 Å². The van der Waals surface area contributed by atoms with E-state index in [0.29, 0.717) is 28.0 Å². The highest BCUT2D eigenvalue weighted by Crippen LogP contribution is 2.29. The zero-order valence-corrected chi connectivity index (χ0v) is 13.8. The molecule has 8 heteroatoms. The van der Waals surface area contributed by atoms with Gasteiger partial charge in [0.15, 0.2) is 11.8 Å². The highest BCUT2D eigenvalue weighted by Gasteiger charge is 2.19. The van der Waals surface area contributed by atoms with E-state index in [0.717, 1.165) is 11.3 Å². The standard InChI is InChI=1S/C17H13FN4O2S/c18-11-2-4-12(5-3-11)19-17-22-21-14(9-25-17)10-1-6-15-13(7-10)20-16(23)8-24-15/h1-7H,8-9H2,(H,19,22)(H,20,23). The summed E-state index contributed by atoms with van der Waals surface area (Å²) < 4.78 is 18.3. The van der Waals surface area contributed by atoms with Crippen LogP contribution >= 0.6 is 11.8 Å². The molecular formula is C17H13FN4O2S. The Morgan fingerprint density at radius 3 is 2.80 bits per heavy atom. The van der Waals surface area contributed by atoms with Crippen molar-refractivity contribution in [3.63, 3.8) is 0 Å². The highest BCUT2D eigenvalue weighted by atomic mass is 32.2. The first-order chi connectivity index (χ1) is 12.2. The van der Waals surface area contributed by atoms with Crippen LogP contribution in [0.4, 0.5) is 15.8 Å². The van der Waals surface area contributed by atoms with Crippen molar-refractivity contribution in [2.24, 2.45) is 10.1 Å². The summed E-state index contributed by atoms with van der Waals surface area (Å²) in [5.74, 6) is 0.813. The molecule has 4 rings (SSSR count). The lowest BCUT2D eigenvalue weighted by molar-refractivity contribution is -0.118. The summed E-state index contributed by atoms with van der Waals surface area (Å²) in [5.41, 5.74) is 5.94. The maximum Gasteiger partial charge on any atom is 0.262 e. The third-order valence-corrected chi connectivity index (χ3v) is 4.51. The quantitative estimate of drug-likeness (QED) is 0.868. The Balaban J connectivity index is 1.52. The van der Waals surface area contributed by atoms with E-state index in [1.165, 1.54) is 23.9 Å². The molecule has 0 aromatic heterocycles. The molecule has 0 bridgehead atoms. The number of thioether (sulfide) groups is 1. The molecule has 2 aromatic carbocycles. The molecule has 0 saturated carbocycles. The monoisotopic (exact) mass is 356 g/mol. The number of carbonyl (C=O) groups excluding carboxylic acids is 1. The minimum atomic E-state index is -0.294. The van der Waals surface area contributed by atoms with E-state index in [9.17, 15) is 9.18 Å². The van der Waals surface area contributed by atoms with Gasteiger partial charge in [0.1, 0.15) is 11.6 Å². The fourth-order valence-corrected chi connectivity index (χ4v) is 3.20. The topological polar surface area (TPSA) is 75.1 Å². The average Bonchev–Trinajstić information content (AvgIpc) is 2.64. The van der Waals surface area contributed by atoms with E-state index < -0.39 is 0 Å². The third kappa shape index (κ3) is 3.48. The maximum atomic E-state index is 12.9. The van der Waals surface area contributed by atoms with Crippen LogP contribution < -0.4 is 15.5 Å². The van der Waals surface area contributed by atoms with E-state index in [-0.39, 0.29) is 18.3 Å². The molecule has 25 heavy (non-hydrogen) atoms. The third-order valence-electron chi connectivity index (χ3n) is 3.64. The number of nitrogens with one attached hydrogen (secondary N) is 2. The molecule has 2 aliphatic heterocycles. The average molecular weight is 356 g/mol. The van der Waals surface area contributed by atoms with Gasteiger partial charge in [-0.05, 0) is 42.5 Å². The molecular weight excluding hydrogens is 343 g/mol. The molecule has 2 heterocycles. The molecule has 0 atom stereocenters. The summed E-state index contributed by atoms with van der Waals surface area (Å²) in [6, 6.07) is 11.5. The number of hydrogen-bond donors (Lipinski definition) is 2. The highest BCUT2D eigenvalue weighted by molar-refractivity contribution is 8.14. The van der Waals surface area contributed by atoms with Gasteiger partial charge in [-0.15, -0.1) is 0 Å². The molecule has 6 nitrogen and oxygen atoms in total. The smallest absolute Gasteiger partial charge is 0.262 e. The minimum Gasteiger partial charge on any atom is -0.482 e. The number of rotatable bonds is 2. The predicted octanol–water partition coefficient (Wildman–Crippen LogP) is 2.88. The zero-order valence-electron chi connectivity index (χ0n) is 13.0. The van der Waals surface area contributed by atoms with Crippen molar-refractivity contribution >= 4 is 39.9 Å². The van der Waals surface area contributed by atoms with Crippen molar-refractivity contribution in [3.8, 4) is 5.75 Å². The Morgan fingerprint density at radius 1 is 1.20 bits per heavy atom. The van der Waals surface area contributed by atoms with E-state index in [4.69, 9.17) is 4.74 Å². The lowest BCUT2D eigenvalue weighted by Crippen LogP contribution is -2.27. The van der Waals surface area contributed by atoms with Crippen LogP contribution in [0.15, 0.2) is 52.6 Å². The van der Waals surface area contributed by atoms with E-state index in [2.05, 4.69) is 20.8 Å². The van der Waals surface area contributed by atoms with Crippen LogP contribution in [0.5, 0.6) is 5.75 Å². The number of aliphatic imine (C=N–C) groups is 1. The van der Waals surface area contributed by atoms with Gasteiger partial charge in [-0.1, -0.05) is 11.8 Å². The summed E-state index contributed by atoms with van der Waals surface area (Å²) in [6.45, 7) is 0.0356. The van der Waals surface area contributed by atoms with Crippen LogP contribution in [0.2, 0.25) is 0 Å². The van der Waals surface area contributed by atoms with Crippen LogP contribution in [0.1, 0.15) is 5.56 Å². The van der Waals surface area contributed by atoms with E-state index >= 15 is 0 Å². The van der Waals surface area contributed by atoms with Crippen LogP contribution in [-0.4, -0.2) is 29.1 Å². The van der Waals surface area contributed by atoms with Crippen molar-refractivity contribution < 1.29 is 13.9 Å². The van der Waals surface area contributed by atoms with Crippen molar-refractivity contribution in [1.29, 1.82) is 0 Å². The van der Waals surface area contributed by atoms with Crippen molar-refractivity contribution in [2.75, 3.05) is 17.7 Å². The first-order valence-corrected chi connectivity index (χ1v) is 8.53. The lowest BCUT2D eigenvalue weighted by atomic mass is 10.1. The number of halogens is 1. The van der Waals surface area contributed by atoms with Gasteiger partial charge in [0.25, 0.3) is 5.91 Å². The van der Waals surface area contributed by atoms with Crippen molar-refractivity contribution in [3.05, 3.63) is 53.8 Å². The molecule has 0 saturated heterocycles. The van der Waals surface area contributed by atoms with Gasteiger partial charge in [0.2, 0.25) is 0 Å². The number of anilines is 1. The second-order valence-electron chi connectivity index (χ2n) is 5.40. The lowest BCUT2D eigenvalue weighted by Gasteiger charge is -2.20. The molecule has 2 aliphatic rings. The summed E-state index contributed by atoms with van der Waals surface area (Å²) in [4.78, 5) is 15.8. The van der Waals surface area contributed by atoms with Crippen LogP contribution in [0.3, 0.4) is 0 Å². The van der Waals surface area contributed by atoms with Gasteiger partial charge in [0.05, 0.1) is 17.1 Å². The first-order valence-electron chi connectivity index (χ1n) is 7.54. The summed E-state index contributed by atoms with van der Waals surface area (Å²) in [7, 11) is 0. The SMILES string of the molecule is O=C1COc2ccc(C3=NNC(=Nc4ccc(F)cc4)SC3)cc2N1.